The number of benzene rings is 1. The summed E-state index contributed by atoms with van der Waals surface area (Å²) in [6, 6.07) is 7.24. The first-order chi connectivity index (χ1) is 9.65. The van der Waals surface area contributed by atoms with Crippen LogP contribution >= 0.6 is 0 Å². The Labute approximate surface area is 118 Å². The number of nitrogens with one attached hydrogen (secondary N) is 1. The molecule has 1 unspecified atom stereocenters. The highest BCUT2D eigenvalue weighted by atomic mass is 16.5. The second-order valence-electron chi connectivity index (χ2n) is 4.64. The number of nitrogens with zero attached hydrogens (tertiary/aromatic N) is 1. The molecule has 0 aromatic heterocycles. The molecule has 5 nitrogen and oxygen atoms in total. The van der Waals surface area contributed by atoms with Crippen LogP contribution in [0, 0.1) is 5.92 Å². The normalized spacial score (nSPS) is 17.9. The van der Waals surface area contributed by atoms with Crippen molar-refractivity contribution in [2.24, 2.45) is 5.92 Å². The van der Waals surface area contributed by atoms with Gasteiger partial charge in [0.15, 0.2) is 0 Å². The molecule has 20 heavy (non-hydrogen) atoms. The van der Waals surface area contributed by atoms with Crippen molar-refractivity contribution in [3.05, 3.63) is 36.9 Å². The molecule has 5 heteroatoms. The van der Waals surface area contributed by atoms with E-state index in [1.54, 1.807) is 30.2 Å². The van der Waals surface area contributed by atoms with E-state index in [9.17, 15) is 9.59 Å². The lowest BCUT2D eigenvalue weighted by Gasteiger charge is -2.17. The maximum atomic E-state index is 12.0. The Morgan fingerprint density at radius 2 is 2.20 bits per heavy atom. The highest BCUT2D eigenvalue weighted by molar-refractivity contribution is 6.00. The lowest BCUT2D eigenvalue weighted by atomic mass is 10.1. The summed E-state index contributed by atoms with van der Waals surface area (Å²) in [6.45, 7) is 4.38. The summed E-state index contributed by atoms with van der Waals surface area (Å²) in [6.07, 6.45) is 1.87. The molecule has 2 rings (SSSR count). The monoisotopic (exact) mass is 274 g/mol. The molecule has 0 aliphatic carbocycles. The first-order valence-corrected chi connectivity index (χ1v) is 6.48. The van der Waals surface area contributed by atoms with Crippen LogP contribution in [0.3, 0.4) is 0 Å². The summed E-state index contributed by atoms with van der Waals surface area (Å²) in [5, 5.41) is 2.73. The molecule has 1 aliphatic heterocycles. The highest BCUT2D eigenvalue weighted by Crippen LogP contribution is 2.26. The summed E-state index contributed by atoms with van der Waals surface area (Å²) in [5.41, 5.74) is 0.787. The zero-order valence-electron chi connectivity index (χ0n) is 11.5. The number of carbonyl (C=O) groups is 2. The molecule has 0 radical (unpaired) electrons. The molecule has 1 heterocycles. The molecule has 1 atom stereocenters. The second kappa shape index (κ2) is 6.23. The van der Waals surface area contributed by atoms with E-state index < -0.39 is 0 Å². The summed E-state index contributed by atoms with van der Waals surface area (Å²) in [5.74, 6) is 0.299. The number of amides is 2. The molecule has 0 spiro atoms. The van der Waals surface area contributed by atoms with Crippen molar-refractivity contribution in [3.63, 3.8) is 0 Å². The first-order valence-electron chi connectivity index (χ1n) is 6.48. The predicted octanol–water partition coefficient (Wildman–Crippen LogP) is 1.35. The quantitative estimate of drug-likeness (QED) is 0.825. The molecule has 0 saturated carbocycles. The fourth-order valence-electron chi connectivity index (χ4n) is 2.21. The molecule has 2 amide bonds. The van der Waals surface area contributed by atoms with Gasteiger partial charge >= 0.3 is 0 Å². The highest BCUT2D eigenvalue weighted by Gasteiger charge is 2.34. The minimum Gasteiger partial charge on any atom is -0.497 e. The predicted molar refractivity (Wildman–Crippen MR) is 76.7 cm³/mol. The number of carbonyl (C=O) groups excluding carboxylic acids is 2. The van der Waals surface area contributed by atoms with Crippen molar-refractivity contribution >= 4 is 17.5 Å². The number of hydrogen-bond donors (Lipinski definition) is 1. The van der Waals surface area contributed by atoms with Gasteiger partial charge in [-0.15, -0.1) is 6.58 Å². The molecular weight excluding hydrogens is 256 g/mol. The topological polar surface area (TPSA) is 58.6 Å². The van der Waals surface area contributed by atoms with Gasteiger partial charge in [0.1, 0.15) is 5.75 Å². The molecule has 1 saturated heterocycles. The van der Waals surface area contributed by atoms with Gasteiger partial charge in [0, 0.05) is 25.2 Å². The van der Waals surface area contributed by atoms with E-state index in [0.717, 1.165) is 11.4 Å². The molecule has 0 bridgehead atoms. The zero-order valence-corrected chi connectivity index (χ0v) is 11.5. The van der Waals surface area contributed by atoms with E-state index in [2.05, 4.69) is 11.9 Å². The fraction of sp³-hybridized carbons (Fsp3) is 0.333. The minimum absolute atomic E-state index is 0.0334. The van der Waals surface area contributed by atoms with Gasteiger partial charge in [-0.25, -0.2) is 0 Å². The maximum Gasteiger partial charge on any atom is 0.227 e. The molecule has 1 fully saturated rings. The van der Waals surface area contributed by atoms with Gasteiger partial charge in [0.2, 0.25) is 11.8 Å². The lowest BCUT2D eigenvalue weighted by molar-refractivity contribution is -0.126. The van der Waals surface area contributed by atoms with E-state index >= 15 is 0 Å². The molecular formula is C15H18N2O3. The Balaban J connectivity index is 2.04. The molecule has 1 aliphatic rings. The van der Waals surface area contributed by atoms with E-state index in [1.165, 1.54) is 0 Å². The van der Waals surface area contributed by atoms with Crippen LogP contribution < -0.4 is 15.0 Å². The van der Waals surface area contributed by atoms with Crippen LogP contribution in [0.15, 0.2) is 36.9 Å². The van der Waals surface area contributed by atoms with Crippen LogP contribution in [0.5, 0.6) is 5.75 Å². The largest absolute Gasteiger partial charge is 0.497 e. The Kier molecular flexibility index (Phi) is 4.40. The molecule has 1 aromatic rings. The summed E-state index contributed by atoms with van der Waals surface area (Å²) in [4.78, 5) is 25.5. The Hall–Kier alpha value is -2.30. The molecule has 1 N–H and O–H groups in total. The van der Waals surface area contributed by atoms with E-state index in [1.807, 2.05) is 12.1 Å². The van der Waals surface area contributed by atoms with Crippen molar-refractivity contribution in [3.8, 4) is 5.75 Å². The second-order valence-corrected chi connectivity index (χ2v) is 4.64. The summed E-state index contributed by atoms with van der Waals surface area (Å²) < 4.78 is 5.09. The SMILES string of the molecule is C=CCNC(=O)C1CC(=O)N(c2ccc(OC)cc2)C1. The van der Waals surface area contributed by atoms with Gasteiger partial charge in [-0.1, -0.05) is 6.08 Å². The maximum absolute atomic E-state index is 12.0. The van der Waals surface area contributed by atoms with Crippen molar-refractivity contribution in [2.45, 2.75) is 6.42 Å². The third-order valence-electron chi connectivity index (χ3n) is 3.30. The van der Waals surface area contributed by atoms with E-state index in [-0.39, 0.29) is 24.2 Å². The first kappa shape index (κ1) is 14.1. The van der Waals surface area contributed by atoms with Gasteiger partial charge in [0.25, 0.3) is 0 Å². The number of methoxy groups -OCH3 is 1. The smallest absolute Gasteiger partial charge is 0.227 e. The van der Waals surface area contributed by atoms with Crippen LogP contribution in [-0.2, 0) is 9.59 Å². The van der Waals surface area contributed by atoms with Crippen LogP contribution in [0.25, 0.3) is 0 Å². The Morgan fingerprint density at radius 1 is 1.50 bits per heavy atom. The van der Waals surface area contributed by atoms with Gasteiger partial charge in [-0.3, -0.25) is 9.59 Å². The molecule has 1 aromatic carbocycles. The van der Waals surface area contributed by atoms with Crippen LogP contribution in [-0.4, -0.2) is 32.0 Å². The third-order valence-corrected chi connectivity index (χ3v) is 3.30. The fourth-order valence-corrected chi connectivity index (χ4v) is 2.21. The van der Waals surface area contributed by atoms with Gasteiger partial charge in [-0.05, 0) is 24.3 Å². The van der Waals surface area contributed by atoms with E-state index in [0.29, 0.717) is 13.1 Å². The summed E-state index contributed by atoms with van der Waals surface area (Å²) >= 11 is 0. The lowest BCUT2D eigenvalue weighted by Crippen LogP contribution is -2.32. The Bertz CT molecular complexity index is 510. The number of rotatable bonds is 5. The number of ether oxygens (including phenoxy) is 1. The number of hydrogen-bond acceptors (Lipinski definition) is 3. The van der Waals surface area contributed by atoms with E-state index in [4.69, 9.17) is 4.74 Å². The average molecular weight is 274 g/mol. The van der Waals surface area contributed by atoms with Crippen molar-refractivity contribution < 1.29 is 14.3 Å². The zero-order chi connectivity index (χ0) is 14.5. The van der Waals surface area contributed by atoms with Gasteiger partial charge in [-0.2, -0.15) is 0 Å². The Morgan fingerprint density at radius 3 is 2.80 bits per heavy atom. The van der Waals surface area contributed by atoms with Gasteiger partial charge < -0.3 is 15.0 Å². The van der Waals surface area contributed by atoms with Crippen molar-refractivity contribution in [1.29, 1.82) is 0 Å². The summed E-state index contributed by atoms with van der Waals surface area (Å²) in [7, 11) is 1.59. The van der Waals surface area contributed by atoms with Crippen molar-refractivity contribution in [1.82, 2.24) is 5.32 Å². The van der Waals surface area contributed by atoms with Gasteiger partial charge in [0.05, 0.1) is 13.0 Å². The minimum atomic E-state index is -0.301. The van der Waals surface area contributed by atoms with Crippen LogP contribution in [0.1, 0.15) is 6.42 Å². The van der Waals surface area contributed by atoms with Crippen LogP contribution in [0.2, 0.25) is 0 Å². The average Bonchev–Trinajstić information content (AvgIpc) is 2.87. The standard InChI is InChI=1S/C15H18N2O3/c1-3-8-16-15(19)11-9-14(18)17(10-11)12-4-6-13(20-2)7-5-12/h3-7,11H,1,8-10H2,2H3,(H,16,19). The third kappa shape index (κ3) is 2.99. The van der Waals surface area contributed by atoms with Crippen molar-refractivity contribution in [2.75, 3.05) is 25.1 Å². The molecule has 106 valence electrons. The van der Waals surface area contributed by atoms with Crippen LogP contribution in [0.4, 0.5) is 5.69 Å². The number of anilines is 1.